The summed E-state index contributed by atoms with van der Waals surface area (Å²) in [7, 11) is 0. The van der Waals surface area contributed by atoms with Crippen LogP contribution in [-0.4, -0.2) is 31.1 Å². The Morgan fingerprint density at radius 2 is 1.83 bits per heavy atom. The summed E-state index contributed by atoms with van der Waals surface area (Å²) in [6.07, 6.45) is 7.76. The Morgan fingerprint density at radius 3 is 2.50 bits per heavy atom. The fraction of sp³-hybridized carbons (Fsp3) is 0.846. The van der Waals surface area contributed by atoms with Crippen molar-refractivity contribution in [3.63, 3.8) is 0 Å². The van der Waals surface area contributed by atoms with E-state index in [0.717, 1.165) is 25.7 Å². The van der Waals surface area contributed by atoms with E-state index in [9.17, 15) is 9.59 Å². The van der Waals surface area contributed by atoms with Crippen LogP contribution < -0.4 is 16.0 Å². The van der Waals surface area contributed by atoms with Crippen LogP contribution in [0.25, 0.3) is 0 Å². The predicted octanol–water partition coefficient (Wildman–Crippen LogP) is 1.53. The average molecular weight is 255 g/mol. The van der Waals surface area contributed by atoms with Crippen LogP contribution in [0.4, 0.5) is 4.79 Å². The molecule has 1 aliphatic carbocycles. The van der Waals surface area contributed by atoms with Crippen LogP contribution in [0.15, 0.2) is 0 Å². The van der Waals surface area contributed by atoms with Crippen molar-refractivity contribution in [2.45, 2.75) is 57.9 Å². The highest BCUT2D eigenvalue weighted by Gasteiger charge is 2.15. The molecule has 0 atom stereocenters. The number of carbonyl (C=O) groups excluding carboxylic acids is 2. The van der Waals surface area contributed by atoms with Gasteiger partial charge in [-0.1, -0.05) is 32.6 Å². The largest absolute Gasteiger partial charge is 0.355 e. The molecule has 0 radical (unpaired) electrons. The molecule has 0 aromatic carbocycles. The van der Waals surface area contributed by atoms with Gasteiger partial charge in [0.05, 0.1) is 6.54 Å². The smallest absolute Gasteiger partial charge is 0.315 e. The number of carbonyl (C=O) groups is 2. The first-order valence-electron chi connectivity index (χ1n) is 7.03. The van der Waals surface area contributed by atoms with Crippen LogP contribution >= 0.6 is 0 Å². The van der Waals surface area contributed by atoms with Crippen molar-refractivity contribution in [3.8, 4) is 0 Å². The third kappa shape index (κ3) is 6.47. The summed E-state index contributed by atoms with van der Waals surface area (Å²) in [5.41, 5.74) is 0. The third-order valence-electron chi connectivity index (χ3n) is 3.20. The molecule has 1 aliphatic rings. The predicted molar refractivity (Wildman–Crippen MR) is 71.3 cm³/mol. The number of hydrogen-bond acceptors (Lipinski definition) is 2. The summed E-state index contributed by atoms with van der Waals surface area (Å²) in [6.45, 7) is 2.81. The quantitative estimate of drug-likeness (QED) is 0.630. The molecule has 0 unspecified atom stereocenters. The van der Waals surface area contributed by atoms with Crippen LogP contribution in [0.2, 0.25) is 0 Å². The normalized spacial score (nSPS) is 16.1. The molecule has 0 aromatic heterocycles. The average Bonchev–Trinajstić information content (AvgIpc) is 2.38. The van der Waals surface area contributed by atoms with Gasteiger partial charge >= 0.3 is 6.03 Å². The van der Waals surface area contributed by atoms with Gasteiger partial charge in [0.25, 0.3) is 0 Å². The van der Waals surface area contributed by atoms with Gasteiger partial charge in [-0.25, -0.2) is 4.79 Å². The van der Waals surface area contributed by atoms with Crippen molar-refractivity contribution in [2.24, 2.45) is 0 Å². The molecule has 0 saturated heterocycles. The molecule has 0 bridgehead atoms. The van der Waals surface area contributed by atoms with E-state index >= 15 is 0 Å². The summed E-state index contributed by atoms with van der Waals surface area (Å²) in [5.74, 6) is -0.123. The van der Waals surface area contributed by atoms with Crippen LogP contribution in [0.5, 0.6) is 0 Å². The molecular weight excluding hydrogens is 230 g/mol. The second-order valence-corrected chi connectivity index (χ2v) is 4.87. The molecule has 1 saturated carbocycles. The molecule has 0 aliphatic heterocycles. The van der Waals surface area contributed by atoms with E-state index in [-0.39, 0.29) is 24.5 Å². The van der Waals surface area contributed by atoms with Gasteiger partial charge in [0.2, 0.25) is 5.91 Å². The van der Waals surface area contributed by atoms with Gasteiger partial charge in [-0.2, -0.15) is 0 Å². The lowest BCUT2D eigenvalue weighted by atomic mass is 9.96. The van der Waals surface area contributed by atoms with E-state index in [4.69, 9.17) is 0 Å². The van der Waals surface area contributed by atoms with Gasteiger partial charge in [-0.15, -0.1) is 0 Å². The van der Waals surface area contributed by atoms with Crippen molar-refractivity contribution >= 4 is 11.9 Å². The summed E-state index contributed by atoms with van der Waals surface area (Å²) in [4.78, 5) is 22.9. The van der Waals surface area contributed by atoms with Gasteiger partial charge in [0, 0.05) is 12.6 Å². The molecule has 1 fully saturated rings. The molecule has 5 nitrogen and oxygen atoms in total. The Labute approximate surface area is 109 Å². The van der Waals surface area contributed by atoms with Crippen molar-refractivity contribution in [2.75, 3.05) is 13.1 Å². The number of nitrogens with one attached hydrogen (secondary N) is 3. The number of amides is 3. The van der Waals surface area contributed by atoms with Crippen LogP contribution in [0, 0.1) is 0 Å². The van der Waals surface area contributed by atoms with Crippen molar-refractivity contribution < 1.29 is 9.59 Å². The minimum absolute atomic E-state index is 0.0578. The first kappa shape index (κ1) is 14.8. The monoisotopic (exact) mass is 255 g/mol. The zero-order chi connectivity index (χ0) is 13.2. The second-order valence-electron chi connectivity index (χ2n) is 4.87. The first-order valence-corrected chi connectivity index (χ1v) is 7.03. The molecule has 0 aromatic rings. The Hall–Kier alpha value is -1.26. The fourth-order valence-corrected chi connectivity index (χ4v) is 2.11. The van der Waals surface area contributed by atoms with E-state index < -0.39 is 0 Å². The van der Waals surface area contributed by atoms with Crippen molar-refractivity contribution in [1.29, 1.82) is 0 Å². The molecule has 1 rings (SSSR count). The van der Waals surface area contributed by atoms with Gasteiger partial charge in [-0.05, 0) is 19.3 Å². The maximum absolute atomic E-state index is 11.5. The lowest BCUT2D eigenvalue weighted by Crippen LogP contribution is -2.46. The topological polar surface area (TPSA) is 70.2 Å². The van der Waals surface area contributed by atoms with Crippen LogP contribution in [0.3, 0.4) is 0 Å². The molecule has 0 heterocycles. The molecule has 3 N–H and O–H groups in total. The summed E-state index contributed by atoms with van der Waals surface area (Å²) < 4.78 is 0. The molecule has 5 heteroatoms. The highest BCUT2D eigenvalue weighted by atomic mass is 16.2. The second kappa shape index (κ2) is 8.78. The molecule has 0 spiro atoms. The van der Waals surface area contributed by atoms with E-state index in [1.807, 2.05) is 0 Å². The van der Waals surface area contributed by atoms with Crippen molar-refractivity contribution in [3.05, 3.63) is 0 Å². The van der Waals surface area contributed by atoms with Crippen LogP contribution in [0.1, 0.15) is 51.9 Å². The Balaban J connectivity index is 2.06. The van der Waals surface area contributed by atoms with Crippen molar-refractivity contribution in [1.82, 2.24) is 16.0 Å². The number of hydrogen-bond donors (Lipinski definition) is 3. The number of urea groups is 1. The minimum atomic E-state index is -0.229. The Bertz CT molecular complexity index is 263. The highest BCUT2D eigenvalue weighted by Crippen LogP contribution is 2.16. The minimum Gasteiger partial charge on any atom is -0.355 e. The zero-order valence-corrected chi connectivity index (χ0v) is 11.3. The standard InChI is InChI=1S/C13H25N3O2/c1-2-3-9-14-12(17)10-15-13(18)16-11-7-5-4-6-8-11/h11H,2-10H2,1H3,(H,14,17)(H2,15,16,18). The van der Waals surface area contributed by atoms with Gasteiger partial charge < -0.3 is 16.0 Å². The fourth-order valence-electron chi connectivity index (χ4n) is 2.11. The summed E-state index contributed by atoms with van der Waals surface area (Å²) >= 11 is 0. The summed E-state index contributed by atoms with van der Waals surface area (Å²) in [5, 5.41) is 8.27. The van der Waals surface area contributed by atoms with Gasteiger partial charge in [0.1, 0.15) is 0 Å². The van der Waals surface area contributed by atoms with Crippen LogP contribution in [-0.2, 0) is 4.79 Å². The van der Waals surface area contributed by atoms with E-state index in [1.54, 1.807) is 0 Å². The lowest BCUT2D eigenvalue weighted by Gasteiger charge is -2.22. The maximum Gasteiger partial charge on any atom is 0.315 e. The SMILES string of the molecule is CCCCNC(=O)CNC(=O)NC1CCCCC1. The van der Waals surface area contributed by atoms with Gasteiger partial charge in [0.15, 0.2) is 0 Å². The third-order valence-corrected chi connectivity index (χ3v) is 3.20. The summed E-state index contributed by atoms with van der Waals surface area (Å²) in [6, 6.07) is 0.0504. The highest BCUT2D eigenvalue weighted by molar-refractivity contribution is 5.83. The molecule has 18 heavy (non-hydrogen) atoms. The number of unbranched alkanes of at least 4 members (excludes halogenated alkanes) is 1. The van der Waals surface area contributed by atoms with Gasteiger partial charge in [-0.3, -0.25) is 4.79 Å². The molecule has 104 valence electrons. The first-order chi connectivity index (χ1) is 8.72. The number of rotatable bonds is 6. The van der Waals surface area contributed by atoms with E-state index in [1.165, 1.54) is 19.3 Å². The Kier molecular flexibility index (Phi) is 7.22. The maximum atomic E-state index is 11.5. The molecular formula is C13H25N3O2. The van der Waals surface area contributed by atoms with E-state index in [2.05, 4.69) is 22.9 Å². The molecule has 3 amide bonds. The zero-order valence-electron chi connectivity index (χ0n) is 11.3. The van der Waals surface area contributed by atoms with E-state index in [0.29, 0.717) is 6.54 Å². The Morgan fingerprint density at radius 1 is 1.11 bits per heavy atom. The lowest BCUT2D eigenvalue weighted by molar-refractivity contribution is -0.120.